The molecule has 0 spiro atoms. The van der Waals surface area contributed by atoms with E-state index in [1.54, 1.807) is 12.1 Å². The summed E-state index contributed by atoms with van der Waals surface area (Å²) in [6, 6.07) is 28.1. The van der Waals surface area contributed by atoms with Crippen LogP contribution >= 0.6 is 0 Å². The molecular formula is C35H32N2O5. The molecule has 0 fully saturated rings. The Kier molecular flexibility index (Phi) is 7.17. The molecule has 2 N–H and O–H groups in total. The van der Waals surface area contributed by atoms with Gasteiger partial charge in [0.05, 0.1) is 11.6 Å². The Bertz CT molecular complexity index is 1800. The molecular weight excluding hydrogens is 528 g/mol. The normalized spacial score (nSPS) is 14.9. The average Bonchev–Trinajstić information content (AvgIpc) is 3.25. The average molecular weight is 561 g/mol. The van der Waals surface area contributed by atoms with E-state index in [2.05, 4.69) is 23.7 Å². The molecule has 2 heterocycles. The lowest BCUT2D eigenvalue weighted by molar-refractivity contribution is 0.0606. The molecule has 1 aliphatic rings. The first kappa shape index (κ1) is 27.1. The highest BCUT2D eigenvalue weighted by Gasteiger charge is 2.27. The van der Waals surface area contributed by atoms with Gasteiger partial charge in [0.15, 0.2) is 17.6 Å². The van der Waals surface area contributed by atoms with Gasteiger partial charge in [-0.15, -0.1) is 0 Å². The molecule has 42 heavy (non-hydrogen) atoms. The summed E-state index contributed by atoms with van der Waals surface area (Å²) in [5.41, 5.74) is 6.83. The Balaban J connectivity index is 1.19. The number of carboxylic acid groups (broad SMARTS) is 1. The third kappa shape index (κ3) is 5.09. The zero-order valence-corrected chi connectivity index (χ0v) is 23.8. The fourth-order valence-electron chi connectivity index (χ4n) is 5.55. The number of aromatic nitrogens is 1. The lowest BCUT2D eigenvalue weighted by Gasteiger charge is -2.30. The number of amides is 1. The summed E-state index contributed by atoms with van der Waals surface area (Å²) in [4.78, 5) is 24.9. The molecule has 0 bridgehead atoms. The highest BCUT2D eigenvalue weighted by Crippen LogP contribution is 2.32. The Labute approximate surface area is 244 Å². The molecule has 212 valence electrons. The molecule has 6 rings (SSSR count). The zero-order valence-electron chi connectivity index (χ0n) is 23.8. The number of hydrogen-bond donors (Lipinski definition) is 2. The van der Waals surface area contributed by atoms with Crippen molar-refractivity contribution in [2.24, 2.45) is 0 Å². The Hall–Kier alpha value is -5.04. The van der Waals surface area contributed by atoms with E-state index in [4.69, 9.17) is 9.47 Å². The van der Waals surface area contributed by atoms with Gasteiger partial charge in [0.1, 0.15) is 6.61 Å². The number of nitrogens with zero attached hydrogens (tertiary/aromatic N) is 1. The van der Waals surface area contributed by atoms with E-state index >= 15 is 0 Å². The van der Waals surface area contributed by atoms with Gasteiger partial charge in [0.25, 0.3) is 5.91 Å². The fraction of sp³-hybridized carbons (Fsp3) is 0.200. The number of para-hydroxylation sites is 2. The molecule has 0 saturated heterocycles. The van der Waals surface area contributed by atoms with Gasteiger partial charge in [-0.25, -0.2) is 4.79 Å². The number of nitrogens with one attached hydrogen (secondary N) is 1. The first-order valence-electron chi connectivity index (χ1n) is 14.0. The van der Waals surface area contributed by atoms with Crippen LogP contribution in [0.25, 0.3) is 22.0 Å². The van der Waals surface area contributed by atoms with Crippen LogP contribution < -0.4 is 14.8 Å². The lowest BCUT2D eigenvalue weighted by Crippen LogP contribution is -2.48. The maximum Gasteiger partial charge on any atom is 0.336 e. The summed E-state index contributed by atoms with van der Waals surface area (Å²) in [6.07, 6.45) is -0.290. The second kappa shape index (κ2) is 11.1. The summed E-state index contributed by atoms with van der Waals surface area (Å²) in [7, 11) is 0. The molecule has 0 aliphatic carbocycles. The van der Waals surface area contributed by atoms with Crippen molar-refractivity contribution in [1.29, 1.82) is 0 Å². The maximum absolute atomic E-state index is 13.2. The van der Waals surface area contributed by atoms with Crippen molar-refractivity contribution in [3.8, 4) is 22.6 Å². The van der Waals surface area contributed by atoms with Crippen molar-refractivity contribution in [3.63, 3.8) is 0 Å². The van der Waals surface area contributed by atoms with Crippen LogP contribution in [0.3, 0.4) is 0 Å². The minimum atomic E-state index is -0.941. The van der Waals surface area contributed by atoms with Crippen molar-refractivity contribution in [2.45, 2.75) is 39.5 Å². The van der Waals surface area contributed by atoms with Gasteiger partial charge in [-0.1, -0.05) is 54.6 Å². The van der Waals surface area contributed by atoms with Crippen LogP contribution in [-0.4, -0.2) is 40.3 Å². The van der Waals surface area contributed by atoms with Crippen LogP contribution in [-0.2, 0) is 6.54 Å². The van der Waals surface area contributed by atoms with E-state index in [-0.39, 0.29) is 23.6 Å². The first-order chi connectivity index (χ1) is 20.3. The summed E-state index contributed by atoms with van der Waals surface area (Å²) >= 11 is 0. The summed E-state index contributed by atoms with van der Waals surface area (Å²) in [5, 5.41) is 13.7. The number of carbonyl (C=O) groups is 2. The number of carbonyl (C=O) groups excluding carboxylic acids is 1. The van der Waals surface area contributed by atoms with Gasteiger partial charge < -0.3 is 24.5 Å². The molecule has 5 aromatic rings. The second-order valence-corrected chi connectivity index (χ2v) is 10.8. The van der Waals surface area contributed by atoms with E-state index in [9.17, 15) is 14.7 Å². The van der Waals surface area contributed by atoms with Gasteiger partial charge in [0.2, 0.25) is 0 Å². The number of ether oxygens (including phenoxy) is 2. The molecule has 2 unspecified atom stereocenters. The molecule has 4 aromatic carbocycles. The minimum Gasteiger partial charge on any atom is -0.486 e. The van der Waals surface area contributed by atoms with Crippen molar-refractivity contribution >= 4 is 22.8 Å². The van der Waals surface area contributed by atoms with E-state index < -0.39 is 5.97 Å². The van der Waals surface area contributed by atoms with Crippen molar-refractivity contribution in [2.75, 3.05) is 6.61 Å². The number of aromatic carboxylic acids is 1. The molecule has 1 aromatic heterocycles. The molecule has 1 aliphatic heterocycles. The SMILES string of the molecule is Cc1c(C)n(Cc2ccc(-c3ccccc3C(=O)O)cc2)c2ccc(C(=O)NC(C)C3COc4ccccc4O3)cc12. The lowest BCUT2D eigenvalue weighted by atomic mass is 9.99. The van der Waals surface area contributed by atoms with Crippen molar-refractivity contribution in [3.05, 3.63) is 119 Å². The number of aryl methyl sites for hydroxylation is 1. The van der Waals surface area contributed by atoms with Crippen LogP contribution in [0, 0.1) is 13.8 Å². The second-order valence-electron chi connectivity index (χ2n) is 10.8. The van der Waals surface area contributed by atoms with Gasteiger partial charge in [-0.05, 0) is 79.4 Å². The molecule has 7 heteroatoms. The number of hydrogen-bond acceptors (Lipinski definition) is 4. The number of rotatable bonds is 7. The van der Waals surface area contributed by atoms with Crippen molar-refractivity contribution < 1.29 is 24.2 Å². The van der Waals surface area contributed by atoms with Crippen LogP contribution in [0.4, 0.5) is 0 Å². The van der Waals surface area contributed by atoms with Crippen LogP contribution in [0.15, 0.2) is 91.0 Å². The third-order valence-corrected chi connectivity index (χ3v) is 8.11. The van der Waals surface area contributed by atoms with E-state index in [0.717, 1.165) is 33.3 Å². The van der Waals surface area contributed by atoms with E-state index in [0.29, 0.717) is 35.8 Å². The van der Waals surface area contributed by atoms with Crippen LogP contribution in [0.2, 0.25) is 0 Å². The topological polar surface area (TPSA) is 89.8 Å². The minimum absolute atomic E-state index is 0.158. The Morgan fingerprint density at radius 1 is 0.952 bits per heavy atom. The number of benzene rings is 4. The van der Waals surface area contributed by atoms with Gasteiger partial charge in [-0.3, -0.25) is 4.79 Å². The monoisotopic (exact) mass is 560 g/mol. The first-order valence-corrected chi connectivity index (χ1v) is 14.0. The fourth-order valence-corrected chi connectivity index (χ4v) is 5.55. The van der Waals surface area contributed by atoms with Gasteiger partial charge in [0, 0.05) is 28.7 Å². The quantitative estimate of drug-likeness (QED) is 0.233. The highest BCUT2D eigenvalue weighted by molar-refractivity contribution is 5.99. The Morgan fingerprint density at radius 3 is 2.43 bits per heavy atom. The molecule has 2 atom stereocenters. The predicted molar refractivity (Wildman–Crippen MR) is 163 cm³/mol. The molecule has 1 amide bonds. The van der Waals surface area contributed by atoms with E-state index in [1.807, 2.05) is 85.8 Å². The smallest absolute Gasteiger partial charge is 0.336 e. The summed E-state index contributed by atoms with van der Waals surface area (Å²) in [5.74, 6) is 0.300. The van der Waals surface area contributed by atoms with Crippen LogP contribution in [0.5, 0.6) is 11.5 Å². The van der Waals surface area contributed by atoms with Crippen LogP contribution in [0.1, 0.15) is 44.5 Å². The third-order valence-electron chi connectivity index (χ3n) is 8.11. The largest absolute Gasteiger partial charge is 0.486 e. The van der Waals surface area contributed by atoms with Gasteiger partial charge in [-0.2, -0.15) is 0 Å². The molecule has 0 saturated carbocycles. The summed E-state index contributed by atoms with van der Waals surface area (Å²) in [6.45, 7) is 7.11. The predicted octanol–water partition coefficient (Wildman–Crippen LogP) is 6.63. The number of carboxylic acids is 1. The molecule has 7 nitrogen and oxygen atoms in total. The van der Waals surface area contributed by atoms with E-state index in [1.165, 1.54) is 0 Å². The van der Waals surface area contributed by atoms with Gasteiger partial charge >= 0.3 is 5.97 Å². The summed E-state index contributed by atoms with van der Waals surface area (Å²) < 4.78 is 14.1. The van der Waals surface area contributed by atoms with Crippen molar-refractivity contribution in [1.82, 2.24) is 9.88 Å². The zero-order chi connectivity index (χ0) is 29.4. The maximum atomic E-state index is 13.2. The molecule has 0 radical (unpaired) electrons. The number of fused-ring (bicyclic) bond motifs is 2. The highest BCUT2D eigenvalue weighted by atomic mass is 16.6. The Morgan fingerprint density at radius 2 is 1.67 bits per heavy atom. The standard InChI is InChI=1S/C35H32N2O5/c1-21-23(3)37(19-24-12-14-25(15-13-24)27-8-4-5-9-28(27)35(39)40)30-17-16-26(18-29(21)30)34(38)36-22(2)33-20-41-31-10-6-7-11-32(31)42-33/h4-18,22,33H,19-20H2,1-3H3,(H,36,38)(H,39,40).